The molecule has 0 saturated heterocycles. The smallest absolute Gasteiger partial charge is 0.353 e. The van der Waals surface area contributed by atoms with Crippen molar-refractivity contribution in [2.24, 2.45) is 0 Å². The first-order valence-electron chi connectivity index (χ1n) is 3.50. The Bertz CT molecular complexity index is 133. The van der Waals surface area contributed by atoms with Crippen LogP contribution in [0.25, 0.3) is 0 Å². The lowest BCUT2D eigenvalue weighted by Crippen LogP contribution is -2.32. The summed E-state index contributed by atoms with van der Waals surface area (Å²) in [6.45, 7) is 1.49. The molecule has 0 aromatic rings. The lowest BCUT2D eigenvalue weighted by Gasteiger charge is -2.26. The summed E-state index contributed by atoms with van der Waals surface area (Å²) in [5.74, 6) is -1.09. The monoisotopic (exact) mass is 202 g/mol. The van der Waals surface area contributed by atoms with Crippen LogP contribution in [0.1, 0.15) is 13.3 Å². The Morgan fingerprint density at radius 1 is 1.17 bits per heavy atom. The molecule has 74 valence electrons. The molecule has 6 heteroatoms. The van der Waals surface area contributed by atoms with Crippen molar-refractivity contribution in [2.75, 3.05) is 14.2 Å². The average molecular weight is 202 g/mol. The van der Waals surface area contributed by atoms with Crippen LogP contribution in [0.4, 0.5) is 12.3 Å². The van der Waals surface area contributed by atoms with E-state index in [9.17, 15) is 12.3 Å². The lowest BCUT2D eigenvalue weighted by atomic mass is 10.2. The first kappa shape index (κ1) is 11.9. The van der Waals surface area contributed by atoms with Gasteiger partial charge in [0.05, 0.1) is 0 Å². The van der Waals surface area contributed by atoms with Crippen molar-refractivity contribution >= 4 is 9.08 Å². The fourth-order valence-corrected chi connectivity index (χ4v) is 1.39. The molecule has 12 heavy (non-hydrogen) atoms. The lowest BCUT2D eigenvalue weighted by molar-refractivity contribution is -0.194. The van der Waals surface area contributed by atoms with Crippen LogP contribution in [-0.4, -0.2) is 29.1 Å². The third kappa shape index (κ3) is 4.73. The minimum atomic E-state index is -5.46. The van der Waals surface area contributed by atoms with Gasteiger partial charge in [0, 0.05) is 26.7 Å². The molecule has 0 radical (unpaired) electrons. The van der Waals surface area contributed by atoms with E-state index in [1.54, 1.807) is 0 Å². The van der Waals surface area contributed by atoms with E-state index in [-0.39, 0.29) is 6.42 Å². The van der Waals surface area contributed by atoms with E-state index >= 15 is 0 Å². The van der Waals surface area contributed by atoms with Gasteiger partial charge in [-0.25, -0.2) is 12.3 Å². The van der Waals surface area contributed by atoms with Gasteiger partial charge in [-0.05, 0) is 6.92 Å². The second kappa shape index (κ2) is 4.24. The van der Waals surface area contributed by atoms with E-state index in [0.717, 1.165) is 0 Å². The van der Waals surface area contributed by atoms with Crippen LogP contribution in [0.2, 0.25) is 6.04 Å². The van der Waals surface area contributed by atoms with Gasteiger partial charge in [0.25, 0.3) is 0 Å². The molecule has 2 nitrogen and oxygen atoms in total. The molecule has 0 aromatic heterocycles. The van der Waals surface area contributed by atoms with Crippen LogP contribution in [0, 0.1) is 0 Å². The zero-order valence-electron chi connectivity index (χ0n) is 7.36. The predicted octanol–water partition coefficient (Wildman–Crippen LogP) is 2.23. The van der Waals surface area contributed by atoms with Gasteiger partial charge in [-0.2, -0.15) is 0 Å². The summed E-state index contributed by atoms with van der Waals surface area (Å²) in [6, 6.07) is -0.759. The molecule has 0 aliphatic rings. The first-order chi connectivity index (χ1) is 5.33. The SMILES string of the molecule is COC(C)(CC[Si](F)(F)F)OC. The molecule has 0 spiro atoms. The number of methoxy groups -OCH3 is 2. The summed E-state index contributed by atoms with van der Waals surface area (Å²) >= 11 is 0. The highest BCUT2D eigenvalue weighted by molar-refractivity contribution is 6.58. The highest BCUT2D eigenvalue weighted by Gasteiger charge is 2.39. The number of hydrogen-bond acceptors (Lipinski definition) is 2. The fourth-order valence-electron chi connectivity index (χ4n) is 0.656. The Kier molecular flexibility index (Phi) is 4.22. The molecule has 0 saturated carbocycles. The van der Waals surface area contributed by atoms with E-state index < -0.39 is 20.9 Å². The third-order valence-corrected chi connectivity index (χ3v) is 2.54. The van der Waals surface area contributed by atoms with Crippen LogP contribution in [-0.2, 0) is 9.47 Å². The van der Waals surface area contributed by atoms with Gasteiger partial charge >= 0.3 is 9.08 Å². The average Bonchev–Trinajstić information content (AvgIpc) is 1.99. The Morgan fingerprint density at radius 3 is 1.83 bits per heavy atom. The molecule has 0 heterocycles. The maximum atomic E-state index is 11.9. The number of ether oxygens (including phenoxy) is 2. The zero-order chi connectivity index (χ0) is 9.83. The van der Waals surface area contributed by atoms with Gasteiger partial charge in [-0.15, -0.1) is 0 Å². The van der Waals surface area contributed by atoms with Crippen LogP contribution < -0.4 is 0 Å². The van der Waals surface area contributed by atoms with E-state index in [1.165, 1.54) is 21.1 Å². The van der Waals surface area contributed by atoms with E-state index in [1.807, 2.05) is 0 Å². The van der Waals surface area contributed by atoms with Gasteiger partial charge in [-0.3, -0.25) is 0 Å². The van der Waals surface area contributed by atoms with Gasteiger partial charge in [0.1, 0.15) is 0 Å². The summed E-state index contributed by atoms with van der Waals surface area (Å²) in [7, 11) is -2.79. The summed E-state index contributed by atoms with van der Waals surface area (Å²) < 4.78 is 45.2. The van der Waals surface area contributed by atoms with Crippen molar-refractivity contribution < 1.29 is 21.8 Å². The van der Waals surface area contributed by atoms with Gasteiger partial charge in [0.2, 0.25) is 0 Å². The highest BCUT2D eigenvalue weighted by Crippen LogP contribution is 2.25. The third-order valence-electron chi connectivity index (χ3n) is 1.73. The van der Waals surface area contributed by atoms with Crippen molar-refractivity contribution in [3.8, 4) is 0 Å². The summed E-state index contributed by atoms with van der Waals surface area (Å²) in [4.78, 5) is 0. The van der Waals surface area contributed by atoms with E-state index in [2.05, 4.69) is 0 Å². The molecular formula is C6H13F3O2Si. The van der Waals surface area contributed by atoms with Crippen molar-refractivity contribution in [1.29, 1.82) is 0 Å². The highest BCUT2D eigenvalue weighted by atomic mass is 28.5. The van der Waals surface area contributed by atoms with Gasteiger partial charge < -0.3 is 9.47 Å². The molecule has 0 rings (SSSR count). The molecule has 0 bridgehead atoms. The van der Waals surface area contributed by atoms with Crippen LogP contribution in [0.5, 0.6) is 0 Å². The normalized spacial score (nSPS) is 13.5. The van der Waals surface area contributed by atoms with E-state index in [4.69, 9.17) is 9.47 Å². The van der Waals surface area contributed by atoms with Crippen LogP contribution >= 0.6 is 0 Å². The van der Waals surface area contributed by atoms with Crippen molar-refractivity contribution in [3.63, 3.8) is 0 Å². The molecule has 0 fully saturated rings. The quantitative estimate of drug-likeness (QED) is 0.386. The summed E-state index contributed by atoms with van der Waals surface area (Å²) in [5, 5.41) is 0. The largest absolute Gasteiger partial charge is 0.616 e. The molecular weight excluding hydrogens is 189 g/mol. The minimum absolute atomic E-state index is 0.129. The molecule has 0 aliphatic carbocycles. The topological polar surface area (TPSA) is 18.5 Å². The summed E-state index contributed by atoms with van der Waals surface area (Å²) in [6.07, 6.45) is -0.129. The summed E-state index contributed by atoms with van der Waals surface area (Å²) in [5.41, 5.74) is 0. The van der Waals surface area contributed by atoms with Crippen LogP contribution in [0.3, 0.4) is 0 Å². The number of halogens is 3. The Balaban J connectivity index is 3.89. The number of hydrogen-bond donors (Lipinski definition) is 0. The Morgan fingerprint density at radius 2 is 1.58 bits per heavy atom. The Labute approximate surface area is 71.2 Å². The molecule has 0 unspecified atom stereocenters. The van der Waals surface area contributed by atoms with Crippen molar-refractivity contribution in [2.45, 2.75) is 25.2 Å². The van der Waals surface area contributed by atoms with Crippen molar-refractivity contribution in [3.05, 3.63) is 0 Å². The Hall–Kier alpha value is -0.0731. The second-order valence-corrected chi connectivity index (χ2v) is 4.39. The van der Waals surface area contributed by atoms with Crippen LogP contribution in [0.15, 0.2) is 0 Å². The minimum Gasteiger partial charge on any atom is -0.353 e. The zero-order valence-corrected chi connectivity index (χ0v) is 8.36. The van der Waals surface area contributed by atoms with Crippen molar-refractivity contribution in [1.82, 2.24) is 0 Å². The first-order valence-corrected chi connectivity index (χ1v) is 5.34. The maximum absolute atomic E-state index is 11.9. The molecule has 0 N–H and O–H groups in total. The molecule has 0 aliphatic heterocycles. The predicted molar refractivity (Wildman–Crippen MR) is 40.9 cm³/mol. The standard InChI is InChI=1S/C6H13F3O2Si/c1-6(10-2,11-3)4-5-12(7,8)9/h4-5H2,1-3H3. The molecule has 0 atom stereocenters. The molecule has 0 aromatic carbocycles. The fraction of sp³-hybridized carbons (Fsp3) is 1.00. The molecule has 0 amide bonds. The second-order valence-electron chi connectivity index (χ2n) is 2.66. The number of rotatable bonds is 5. The van der Waals surface area contributed by atoms with E-state index in [0.29, 0.717) is 0 Å². The van der Waals surface area contributed by atoms with Gasteiger partial charge in [-0.1, -0.05) is 0 Å². The maximum Gasteiger partial charge on any atom is 0.616 e. The van der Waals surface area contributed by atoms with Gasteiger partial charge in [0.15, 0.2) is 5.79 Å².